The maximum Gasteiger partial charge on any atom is 0.163 e. The molecule has 0 aromatic carbocycles. The third-order valence-corrected chi connectivity index (χ3v) is 2.56. The van der Waals surface area contributed by atoms with Crippen LogP contribution < -0.4 is 0 Å². The van der Waals surface area contributed by atoms with Gasteiger partial charge in [-0.25, -0.2) is 0 Å². The zero-order valence-electron chi connectivity index (χ0n) is 10.5. The summed E-state index contributed by atoms with van der Waals surface area (Å²) in [6, 6.07) is 0. The fourth-order valence-electron chi connectivity index (χ4n) is 1.39. The third kappa shape index (κ3) is 8.06. The molecule has 0 radical (unpaired) electrons. The normalized spacial score (nSPS) is 24.2. The molecule has 0 aliphatic carbocycles. The van der Waals surface area contributed by atoms with Gasteiger partial charge in [0.25, 0.3) is 0 Å². The molecule has 0 spiro atoms. The predicted octanol–water partition coefficient (Wildman–Crippen LogP) is 3.96. The van der Waals surface area contributed by atoms with Gasteiger partial charge in [0.15, 0.2) is 5.79 Å². The Balaban J connectivity index is 0.000000336. The number of ether oxygens (including phenoxy) is 2. The summed E-state index contributed by atoms with van der Waals surface area (Å²) < 4.78 is 10.8. The molecular weight excluding hydrogens is 212 g/mol. The van der Waals surface area contributed by atoms with Gasteiger partial charge in [-0.2, -0.15) is 0 Å². The van der Waals surface area contributed by atoms with Crippen LogP contribution in [0.4, 0.5) is 0 Å². The smallest absolute Gasteiger partial charge is 0.163 e. The van der Waals surface area contributed by atoms with Crippen molar-refractivity contribution >= 4 is 11.6 Å². The largest absolute Gasteiger partial charge is 0.350 e. The fourth-order valence-corrected chi connectivity index (χ4v) is 1.61. The standard InChI is InChI=1S/C7H13ClO2.C5H12/c1-7(2)9-4-3-6(5-8)10-7;1-3-5-4-2/h6H,3-5H2,1-2H3;3-5H2,1-2H3. The molecule has 1 saturated heterocycles. The van der Waals surface area contributed by atoms with Gasteiger partial charge in [0.1, 0.15) is 0 Å². The molecule has 1 aliphatic heterocycles. The molecule has 0 aromatic rings. The zero-order chi connectivity index (χ0) is 11.7. The Bertz CT molecular complexity index is 147. The number of unbranched alkanes of at least 4 members (excludes halogenated alkanes) is 2. The first-order valence-electron chi connectivity index (χ1n) is 5.93. The second kappa shape index (κ2) is 8.37. The Hall–Kier alpha value is 0.210. The molecule has 1 heterocycles. The lowest BCUT2D eigenvalue weighted by atomic mass is 10.2. The van der Waals surface area contributed by atoms with E-state index in [1.54, 1.807) is 0 Å². The molecule has 0 N–H and O–H groups in total. The van der Waals surface area contributed by atoms with Crippen molar-refractivity contribution in [2.75, 3.05) is 12.5 Å². The summed E-state index contributed by atoms with van der Waals surface area (Å²) in [5.74, 6) is 0.130. The molecule has 1 fully saturated rings. The van der Waals surface area contributed by atoms with Crippen LogP contribution in [0.15, 0.2) is 0 Å². The molecule has 15 heavy (non-hydrogen) atoms. The van der Waals surface area contributed by atoms with Gasteiger partial charge in [0, 0.05) is 5.88 Å². The molecule has 3 heteroatoms. The van der Waals surface area contributed by atoms with Crippen LogP contribution in [-0.2, 0) is 9.47 Å². The Morgan fingerprint density at radius 3 is 2.13 bits per heavy atom. The molecule has 1 aliphatic rings. The summed E-state index contributed by atoms with van der Waals surface area (Å²) >= 11 is 5.63. The number of hydrogen-bond acceptors (Lipinski definition) is 2. The van der Waals surface area contributed by atoms with E-state index in [0.717, 1.165) is 13.0 Å². The van der Waals surface area contributed by atoms with Gasteiger partial charge in [-0.3, -0.25) is 0 Å². The van der Waals surface area contributed by atoms with Crippen molar-refractivity contribution in [1.29, 1.82) is 0 Å². The highest BCUT2D eigenvalue weighted by molar-refractivity contribution is 6.18. The Labute approximate surface area is 99.3 Å². The Kier molecular flexibility index (Phi) is 8.49. The van der Waals surface area contributed by atoms with Gasteiger partial charge in [-0.1, -0.05) is 33.1 Å². The van der Waals surface area contributed by atoms with Crippen LogP contribution in [0.3, 0.4) is 0 Å². The maximum atomic E-state index is 5.63. The predicted molar refractivity (Wildman–Crippen MR) is 65.4 cm³/mol. The van der Waals surface area contributed by atoms with Gasteiger partial charge < -0.3 is 9.47 Å². The van der Waals surface area contributed by atoms with Crippen molar-refractivity contribution in [3.63, 3.8) is 0 Å². The van der Waals surface area contributed by atoms with E-state index in [9.17, 15) is 0 Å². The fraction of sp³-hybridized carbons (Fsp3) is 1.00. The van der Waals surface area contributed by atoms with Crippen molar-refractivity contribution in [2.45, 2.75) is 65.3 Å². The minimum absolute atomic E-state index is 0.172. The molecule has 0 aromatic heterocycles. The summed E-state index contributed by atoms with van der Waals surface area (Å²) in [7, 11) is 0. The van der Waals surface area contributed by atoms with Crippen LogP contribution in [0.1, 0.15) is 53.4 Å². The van der Waals surface area contributed by atoms with Crippen molar-refractivity contribution in [2.24, 2.45) is 0 Å². The maximum absolute atomic E-state index is 5.63. The minimum atomic E-state index is -0.433. The summed E-state index contributed by atoms with van der Waals surface area (Å²) in [6.45, 7) is 8.99. The van der Waals surface area contributed by atoms with Gasteiger partial charge >= 0.3 is 0 Å². The molecule has 92 valence electrons. The lowest BCUT2D eigenvalue weighted by molar-refractivity contribution is -0.268. The molecule has 1 unspecified atom stereocenters. The first-order valence-corrected chi connectivity index (χ1v) is 6.47. The monoisotopic (exact) mass is 236 g/mol. The van der Waals surface area contributed by atoms with E-state index in [-0.39, 0.29) is 6.10 Å². The number of halogens is 1. The second-order valence-corrected chi connectivity index (χ2v) is 4.59. The number of hydrogen-bond donors (Lipinski definition) is 0. The zero-order valence-corrected chi connectivity index (χ0v) is 11.3. The van der Waals surface area contributed by atoms with Crippen molar-refractivity contribution in [3.8, 4) is 0 Å². The first kappa shape index (κ1) is 15.2. The molecule has 0 bridgehead atoms. The van der Waals surface area contributed by atoms with E-state index in [0.29, 0.717) is 5.88 Å². The quantitative estimate of drug-likeness (QED) is 0.691. The second-order valence-electron chi connectivity index (χ2n) is 4.28. The van der Waals surface area contributed by atoms with E-state index >= 15 is 0 Å². The summed E-state index contributed by atoms with van der Waals surface area (Å²) in [6.07, 6.45) is 5.16. The van der Waals surface area contributed by atoms with Gasteiger partial charge in [-0.05, 0) is 20.3 Å². The summed E-state index contributed by atoms with van der Waals surface area (Å²) in [5, 5.41) is 0. The highest BCUT2D eigenvalue weighted by Gasteiger charge is 2.28. The van der Waals surface area contributed by atoms with E-state index in [1.165, 1.54) is 19.3 Å². The molecule has 0 saturated carbocycles. The SMILES string of the molecule is CC1(C)OCCC(CCl)O1.CCCCC. The van der Waals surface area contributed by atoms with E-state index in [4.69, 9.17) is 21.1 Å². The molecular formula is C12H25ClO2. The number of alkyl halides is 1. The van der Waals surface area contributed by atoms with Crippen LogP contribution in [0.5, 0.6) is 0 Å². The van der Waals surface area contributed by atoms with E-state index in [2.05, 4.69) is 13.8 Å². The summed E-state index contributed by atoms with van der Waals surface area (Å²) in [5.41, 5.74) is 0. The average Bonchev–Trinajstić information content (AvgIpc) is 2.18. The van der Waals surface area contributed by atoms with Gasteiger partial charge in [-0.15, -0.1) is 11.6 Å². The van der Waals surface area contributed by atoms with Crippen LogP contribution in [0, 0.1) is 0 Å². The van der Waals surface area contributed by atoms with Gasteiger partial charge in [0.05, 0.1) is 12.7 Å². The topological polar surface area (TPSA) is 18.5 Å². The van der Waals surface area contributed by atoms with Crippen LogP contribution in [-0.4, -0.2) is 24.4 Å². The van der Waals surface area contributed by atoms with Crippen molar-refractivity contribution < 1.29 is 9.47 Å². The highest BCUT2D eigenvalue weighted by Crippen LogP contribution is 2.22. The Morgan fingerprint density at radius 1 is 1.27 bits per heavy atom. The lowest BCUT2D eigenvalue weighted by Gasteiger charge is -2.35. The van der Waals surface area contributed by atoms with Crippen LogP contribution >= 0.6 is 11.6 Å². The van der Waals surface area contributed by atoms with Crippen LogP contribution in [0.25, 0.3) is 0 Å². The lowest BCUT2D eigenvalue weighted by Crippen LogP contribution is -2.40. The van der Waals surface area contributed by atoms with Crippen molar-refractivity contribution in [3.05, 3.63) is 0 Å². The highest BCUT2D eigenvalue weighted by atomic mass is 35.5. The number of rotatable bonds is 3. The molecule has 1 rings (SSSR count). The first-order chi connectivity index (χ1) is 7.05. The van der Waals surface area contributed by atoms with Gasteiger partial charge in [0.2, 0.25) is 0 Å². The molecule has 1 atom stereocenters. The van der Waals surface area contributed by atoms with Crippen molar-refractivity contribution in [1.82, 2.24) is 0 Å². The average molecular weight is 237 g/mol. The van der Waals surface area contributed by atoms with E-state index < -0.39 is 5.79 Å². The van der Waals surface area contributed by atoms with Crippen LogP contribution in [0.2, 0.25) is 0 Å². The molecule has 0 amide bonds. The van der Waals surface area contributed by atoms with E-state index in [1.807, 2.05) is 13.8 Å². The Morgan fingerprint density at radius 2 is 1.87 bits per heavy atom. The minimum Gasteiger partial charge on any atom is -0.350 e. The molecule has 2 nitrogen and oxygen atoms in total. The third-order valence-electron chi connectivity index (χ3n) is 2.22. The summed E-state index contributed by atoms with van der Waals surface area (Å²) in [4.78, 5) is 0.